The van der Waals surface area contributed by atoms with Crippen molar-refractivity contribution in [1.82, 2.24) is 0 Å². The first-order chi connectivity index (χ1) is 6.56. The van der Waals surface area contributed by atoms with Crippen molar-refractivity contribution >= 4 is 11.4 Å². The molecule has 0 atom stereocenters. The maximum absolute atomic E-state index is 10.6. The monoisotopic (exact) mass is 196 g/mol. The fourth-order valence-corrected chi connectivity index (χ4v) is 1.10. The van der Waals surface area contributed by atoms with Crippen molar-refractivity contribution in [2.45, 2.75) is 13.8 Å². The van der Waals surface area contributed by atoms with Gasteiger partial charge in [0.25, 0.3) is 0 Å². The Labute approximate surface area is 81.6 Å². The molecular weight excluding hydrogens is 184 g/mol. The number of nitrogens with two attached hydrogens (primary N) is 1. The lowest BCUT2D eigenvalue weighted by Gasteiger charge is -2.06. The van der Waals surface area contributed by atoms with E-state index in [1.54, 1.807) is 13.8 Å². The molecule has 2 N–H and O–H groups in total. The van der Waals surface area contributed by atoms with Crippen LogP contribution >= 0.6 is 0 Å². The Kier molecular flexibility index (Phi) is 2.91. The number of nitro groups is 1. The molecule has 1 aromatic carbocycles. The van der Waals surface area contributed by atoms with E-state index in [1.165, 1.54) is 12.1 Å². The van der Waals surface area contributed by atoms with E-state index < -0.39 is 4.92 Å². The molecule has 0 unspecified atom stereocenters. The second kappa shape index (κ2) is 3.95. The standard InChI is InChI=1S/C9H12N2O3/c1-3-14-9-5-7(10)6(2)4-8(9)11(12)13/h4-5H,3,10H2,1-2H3. The first-order valence-electron chi connectivity index (χ1n) is 4.23. The Bertz CT molecular complexity index is 363. The number of anilines is 1. The van der Waals surface area contributed by atoms with Crippen LogP contribution in [0.5, 0.6) is 5.75 Å². The summed E-state index contributed by atoms with van der Waals surface area (Å²) in [4.78, 5) is 10.2. The first-order valence-corrected chi connectivity index (χ1v) is 4.23. The predicted molar refractivity (Wildman–Crippen MR) is 53.4 cm³/mol. The van der Waals surface area contributed by atoms with Crippen molar-refractivity contribution in [3.8, 4) is 5.75 Å². The van der Waals surface area contributed by atoms with Crippen molar-refractivity contribution in [2.75, 3.05) is 12.3 Å². The normalized spacial score (nSPS) is 9.86. The van der Waals surface area contributed by atoms with Crippen LogP contribution in [0.3, 0.4) is 0 Å². The van der Waals surface area contributed by atoms with E-state index in [9.17, 15) is 10.1 Å². The Morgan fingerprint density at radius 1 is 1.57 bits per heavy atom. The summed E-state index contributed by atoms with van der Waals surface area (Å²) in [6.45, 7) is 3.86. The van der Waals surface area contributed by atoms with Crippen LogP contribution in [-0.4, -0.2) is 11.5 Å². The van der Waals surface area contributed by atoms with Gasteiger partial charge in [-0.1, -0.05) is 0 Å². The summed E-state index contributed by atoms with van der Waals surface area (Å²) >= 11 is 0. The minimum Gasteiger partial charge on any atom is -0.487 e. The molecule has 0 saturated heterocycles. The second-order valence-electron chi connectivity index (χ2n) is 2.87. The molecule has 1 aromatic rings. The van der Waals surface area contributed by atoms with Crippen LogP contribution in [0.15, 0.2) is 12.1 Å². The lowest BCUT2D eigenvalue weighted by Crippen LogP contribution is -2.00. The summed E-state index contributed by atoms with van der Waals surface area (Å²) in [6, 6.07) is 2.90. The van der Waals surface area contributed by atoms with E-state index in [-0.39, 0.29) is 11.4 Å². The number of ether oxygens (including phenoxy) is 1. The Morgan fingerprint density at radius 2 is 2.21 bits per heavy atom. The minimum atomic E-state index is -0.475. The Hall–Kier alpha value is -1.78. The van der Waals surface area contributed by atoms with Crippen LogP contribution in [-0.2, 0) is 0 Å². The molecule has 0 fully saturated rings. The summed E-state index contributed by atoms with van der Waals surface area (Å²) in [5.41, 5.74) is 6.75. The molecule has 0 aliphatic heterocycles. The van der Waals surface area contributed by atoms with Gasteiger partial charge in [-0.3, -0.25) is 10.1 Å². The van der Waals surface area contributed by atoms with Crippen LogP contribution in [0.4, 0.5) is 11.4 Å². The predicted octanol–water partition coefficient (Wildman–Crippen LogP) is 1.88. The van der Waals surface area contributed by atoms with Gasteiger partial charge in [0.15, 0.2) is 5.75 Å². The third-order valence-electron chi connectivity index (χ3n) is 1.84. The summed E-state index contributed by atoms with van der Waals surface area (Å²) < 4.78 is 5.11. The number of nitro benzene ring substituents is 1. The quantitative estimate of drug-likeness (QED) is 0.454. The van der Waals surface area contributed by atoms with E-state index in [0.29, 0.717) is 17.9 Å². The molecular formula is C9H12N2O3. The molecule has 0 heterocycles. The van der Waals surface area contributed by atoms with E-state index in [2.05, 4.69) is 0 Å². The van der Waals surface area contributed by atoms with Crippen molar-refractivity contribution < 1.29 is 9.66 Å². The van der Waals surface area contributed by atoms with Gasteiger partial charge in [0.1, 0.15) is 0 Å². The zero-order valence-electron chi connectivity index (χ0n) is 8.11. The zero-order valence-corrected chi connectivity index (χ0v) is 8.11. The first kappa shape index (κ1) is 10.3. The number of hydrogen-bond acceptors (Lipinski definition) is 4. The molecule has 14 heavy (non-hydrogen) atoms. The molecule has 0 aliphatic carbocycles. The summed E-state index contributed by atoms with van der Waals surface area (Å²) in [7, 11) is 0. The number of rotatable bonds is 3. The fraction of sp³-hybridized carbons (Fsp3) is 0.333. The molecule has 76 valence electrons. The number of nitrogens with zero attached hydrogens (tertiary/aromatic N) is 1. The minimum absolute atomic E-state index is 0.0430. The van der Waals surface area contributed by atoms with E-state index in [0.717, 1.165) is 0 Å². The highest BCUT2D eigenvalue weighted by atomic mass is 16.6. The van der Waals surface area contributed by atoms with Crippen molar-refractivity contribution in [1.29, 1.82) is 0 Å². The molecule has 0 aromatic heterocycles. The van der Waals surface area contributed by atoms with Gasteiger partial charge < -0.3 is 10.5 Å². The molecule has 5 heteroatoms. The molecule has 1 rings (SSSR count). The third kappa shape index (κ3) is 1.93. The highest BCUT2D eigenvalue weighted by Crippen LogP contribution is 2.31. The van der Waals surface area contributed by atoms with Gasteiger partial charge in [0, 0.05) is 17.8 Å². The van der Waals surface area contributed by atoms with E-state index in [1.807, 2.05) is 0 Å². The van der Waals surface area contributed by atoms with Crippen LogP contribution in [0.1, 0.15) is 12.5 Å². The molecule has 0 spiro atoms. The highest BCUT2D eigenvalue weighted by Gasteiger charge is 2.16. The summed E-state index contributed by atoms with van der Waals surface area (Å²) in [5, 5.41) is 10.6. The number of hydrogen-bond donors (Lipinski definition) is 1. The van der Waals surface area contributed by atoms with Crippen LogP contribution < -0.4 is 10.5 Å². The van der Waals surface area contributed by atoms with Gasteiger partial charge in [-0.15, -0.1) is 0 Å². The van der Waals surface area contributed by atoms with E-state index in [4.69, 9.17) is 10.5 Å². The lowest BCUT2D eigenvalue weighted by molar-refractivity contribution is -0.385. The summed E-state index contributed by atoms with van der Waals surface area (Å²) in [5.74, 6) is 0.223. The molecule has 0 bridgehead atoms. The van der Waals surface area contributed by atoms with Gasteiger partial charge in [0.05, 0.1) is 11.5 Å². The summed E-state index contributed by atoms with van der Waals surface area (Å²) in [6.07, 6.45) is 0. The van der Waals surface area contributed by atoms with Crippen LogP contribution in [0.25, 0.3) is 0 Å². The lowest BCUT2D eigenvalue weighted by atomic mass is 10.1. The van der Waals surface area contributed by atoms with E-state index >= 15 is 0 Å². The van der Waals surface area contributed by atoms with Crippen molar-refractivity contribution in [3.05, 3.63) is 27.8 Å². The van der Waals surface area contributed by atoms with Gasteiger partial charge in [-0.25, -0.2) is 0 Å². The number of aryl methyl sites for hydroxylation is 1. The third-order valence-corrected chi connectivity index (χ3v) is 1.84. The highest BCUT2D eigenvalue weighted by molar-refractivity contribution is 5.60. The largest absolute Gasteiger partial charge is 0.487 e. The molecule has 0 aliphatic rings. The van der Waals surface area contributed by atoms with Crippen LogP contribution in [0.2, 0.25) is 0 Å². The number of benzene rings is 1. The smallest absolute Gasteiger partial charge is 0.311 e. The van der Waals surface area contributed by atoms with Crippen molar-refractivity contribution in [2.24, 2.45) is 0 Å². The molecule has 0 saturated carbocycles. The Balaban J connectivity index is 3.24. The Morgan fingerprint density at radius 3 is 2.71 bits per heavy atom. The molecule has 5 nitrogen and oxygen atoms in total. The maximum Gasteiger partial charge on any atom is 0.311 e. The topological polar surface area (TPSA) is 78.4 Å². The van der Waals surface area contributed by atoms with Crippen molar-refractivity contribution in [3.63, 3.8) is 0 Å². The van der Waals surface area contributed by atoms with Gasteiger partial charge in [-0.05, 0) is 19.4 Å². The average molecular weight is 196 g/mol. The van der Waals surface area contributed by atoms with Gasteiger partial charge >= 0.3 is 5.69 Å². The van der Waals surface area contributed by atoms with Gasteiger partial charge in [-0.2, -0.15) is 0 Å². The fourth-order valence-electron chi connectivity index (χ4n) is 1.10. The zero-order chi connectivity index (χ0) is 10.7. The van der Waals surface area contributed by atoms with Gasteiger partial charge in [0.2, 0.25) is 0 Å². The number of nitrogen functional groups attached to an aromatic ring is 1. The second-order valence-corrected chi connectivity index (χ2v) is 2.87. The maximum atomic E-state index is 10.6. The average Bonchev–Trinajstić information content (AvgIpc) is 2.11. The van der Waals surface area contributed by atoms with Crippen LogP contribution in [0, 0.1) is 17.0 Å². The molecule has 0 radical (unpaired) electrons. The SMILES string of the molecule is CCOc1cc(N)c(C)cc1[N+](=O)[O-]. The molecule has 0 amide bonds.